The zero-order valence-electron chi connectivity index (χ0n) is 16.7. The summed E-state index contributed by atoms with van der Waals surface area (Å²) in [4.78, 5) is 12.8. The Balaban J connectivity index is 1.53. The zero-order chi connectivity index (χ0) is 22.7. The Bertz CT molecular complexity index is 1310. The Morgan fingerprint density at radius 1 is 1.09 bits per heavy atom. The van der Waals surface area contributed by atoms with E-state index in [1.54, 1.807) is 36.4 Å². The SMILES string of the molecule is O=C(N/N=C1/CCS(=O)(=O)c2ccc(F)cc21)c1ccccc1OCc1ccc(Cl)cc1. The maximum Gasteiger partial charge on any atom is 0.275 e. The van der Waals surface area contributed by atoms with E-state index >= 15 is 0 Å². The van der Waals surface area contributed by atoms with E-state index in [0.29, 0.717) is 16.5 Å². The standard InChI is InChI=1S/C23H18ClFN2O4S/c24-16-7-5-15(6-8-16)14-31-21-4-2-1-3-18(21)23(28)27-26-20-11-12-32(29,30)22-10-9-17(25)13-19(20)22/h1-10,13H,11-12,14H2,(H,27,28)/b26-20-. The Morgan fingerprint density at radius 3 is 2.62 bits per heavy atom. The molecule has 6 nitrogen and oxygen atoms in total. The highest BCUT2D eigenvalue weighted by molar-refractivity contribution is 7.91. The molecule has 0 bridgehead atoms. The number of amides is 1. The highest BCUT2D eigenvalue weighted by Gasteiger charge is 2.28. The summed E-state index contributed by atoms with van der Waals surface area (Å²) in [5, 5.41) is 4.71. The molecule has 0 saturated heterocycles. The predicted octanol–water partition coefficient (Wildman–Crippen LogP) is 4.37. The molecule has 3 aromatic carbocycles. The molecule has 1 aliphatic heterocycles. The third-order valence-electron chi connectivity index (χ3n) is 4.93. The van der Waals surface area contributed by atoms with Gasteiger partial charge in [-0.05, 0) is 48.0 Å². The van der Waals surface area contributed by atoms with E-state index in [2.05, 4.69) is 10.5 Å². The molecule has 1 aliphatic rings. The molecule has 0 atom stereocenters. The van der Waals surface area contributed by atoms with E-state index in [-0.39, 0.29) is 34.8 Å². The predicted molar refractivity (Wildman–Crippen MR) is 119 cm³/mol. The molecule has 0 radical (unpaired) electrons. The van der Waals surface area contributed by atoms with Crippen LogP contribution in [-0.4, -0.2) is 25.8 Å². The van der Waals surface area contributed by atoms with Crippen molar-refractivity contribution in [3.63, 3.8) is 0 Å². The molecule has 4 rings (SSSR count). The van der Waals surface area contributed by atoms with Gasteiger partial charge in [0.05, 0.1) is 21.9 Å². The molecule has 3 aromatic rings. The van der Waals surface area contributed by atoms with Gasteiger partial charge in [-0.15, -0.1) is 0 Å². The van der Waals surface area contributed by atoms with Crippen LogP contribution in [0.2, 0.25) is 5.02 Å². The highest BCUT2D eigenvalue weighted by Crippen LogP contribution is 2.26. The second-order valence-electron chi connectivity index (χ2n) is 7.12. The van der Waals surface area contributed by atoms with E-state index in [1.165, 1.54) is 6.07 Å². The van der Waals surface area contributed by atoms with Crippen molar-refractivity contribution in [3.8, 4) is 5.75 Å². The van der Waals surface area contributed by atoms with Crippen LogP contribution in [0.5, 0.6) is 5.75 Å². The molecule has 1 amide bonds. The van der Waals surface area contributed by atoms with Crippen molar-refractivity contribution in [2.45, 2.75) is 17.9 Å². The smallest absolute Gasteiger partial charge is 0.275 e. The van der Waals surface area contributed by atoms with Crippen LogP contribution in [0.15, 0.2) is 76.7 Å². The lowest BCUT2D eigenvalue weighted by molar-refractivity contribution is 0.0950. The third-order valence-corrected chi connectivity index (χ3v) is 6.95. The Labute approximate surface area is 189 Å². The number of para-hydroxylation sites is 1. The summed E-state index contributed by atoms with van der Waals surface area (Å²) >= 11 is 5.89. The molecule has 1 N–H and O–H groups in total. The number of ether oxygens (including phenoxy) is 1. The van der Waals surface area contributed by atoms with Gasteiger partial charge in [-0.1, -0.05) is 35.9 Å². The number of halogens is 2. The average Bonchev–Trinajstić information content (AvgIpc) is 2.78. The van der Waals surface area contributed by atoms with Crippen LogP contribution in [0, 0.1) is 5.82 Å². The molecule has 32 heavy (non-hydrogen) atoms. The first-order valence-electron chi connectivity index (χ1n) is 9.69. The number of nitrogens with one attached hydrogen (secondary N) is 1. The lowest BCUT2D eigenvalue weighted by Gasteiger charge is -2.18. The highest BCUT2D eigenvalue weighted by atomic mass is 35.5. The first-order valence-corrected chi connectivity index (χ1v) is 11.7. The molecule has 1 heterocycles. The number of fused-ring (bicyclic) bond motifs is 1. The second kappa shape index (κ2) is 9.10. The number of carbonyl (C=O) groups is 1. The topological polar surface area (TPSA) is 84.8 Å². The van der Waals surface area contributed by atoms with Crippen molar-refractivity contribution in [2.75, 3.05) is 5.75 Å². The van der Waals surface area contributed by atoms with Crippen molar-refractivity contribution >= 4 is 33.1 Å². The van der Waals surface area contributed by atoms with E-state index in [4.69, 9.17) is 16.3 Å². The number of hydrazone groups is 1. The van der Waals surface area contributed by atoms with Crippen LogP contribution in [0.1, 0.15) is 27.9 Å². The minimum Gasteiger partial charge on any atom is -0.488 e. The van der Waals surface area contributed by atoms with Gasteiger partial charge in [-0.25, -0.2) is 18.2 Å². The lowest BCUT2D eigenvalue weighted by Crippen LogP contribution is -2.26. The fourth-order valence-corrected chi connectivity index (χ4v) is 4.89. The molecule has 0 aromatic heterocycles. The molecular formula is C23H18ClFN2O4S. The molecule has 9 heteroatoms. The maximum atomic E-state index is 13.7. The molecule has 0 aliphatic carbocycles. The van der Waals surface area contributed by atoms with Crippen molar-refractivity contribution in [3.05, 3.63) is 94.3 Å². The molecule has 0 spiro atoms. The minimum absolute atomic E-state index is 0.00449. The van der Waals surface area contributed by atoms with Crippen molar-refractivity contribution in [1.29, 1.82) is 0 Å². The fraction of sp³-hybridized carbons (Fsp3) is 0.130. The minimum atomic E-state index is -3.51. The third kappa shape index (κ3) is 4.81. The van der Waals surface area contributed by atoms with Gasteiger partial charge in [0.1, 0.15) is 18.2 Å². The van der Waals surface area contributed by atoms with Crippen LogP contribution < -0.4 is 10.2 Å². The maximum absolute atomic E-state index is 13.7. The second-order valence-corrected chi connectivity index (χ2v) is 9.63. The normalized spacial score (nSPS) is 15.8. The van der Waals surface area contributed by atoms with Gasteiger partial charge in [-0.3, -0.25) is 4.79 Å². The molecular weight excluding hydrogens is 455 g/mol. The Kier molecular flexibility index (Phi) is 6.25. The van der Waals surface area contributed by atoms with Crippen molar-refractivity contribution < 1.29 is 22.3 Å². The van der Waals surface area contributed by atoms with E-state index in [0.717, 1.165) is 17.7 Å². The first-order chi connectivity index (χ1) is 15.3. The van der Waals surface area contributed by atoms with Gasteiger partial charge in [0.15, 0.2) is 9.84 Å². The van der Waals surface area contributed by atoms with Gasteiger partial charge in [0, 0.05) is 17.0 Å². The Hall–Kier alpha value is -3.23. The van der Waals surface area contributed by atoms with Crippen LogP contribution in [0.3, 0.4) is 0 Å². The van der Waals surface area contributed by atoms with Gasteiger partial charge >= 0.3 is 0 Å². The van der Waals surface area contributed by atoms with Crippen LogP contribution in [-0.2, 0) is 16.4 Å². The van der Waals surface area contributed by atoms with Crippen molar-refractivity contribution in [1.82, 2.24) is 5.43 Å². The lowest BCUT2D eigenvalue weighted by atomic mass is 10.1. The summed E-state index contributed by atoms with van der Waals surface area (Å²) in [5.41, 5.74) is 4.03. The number of hydrogen-bond acceptors (Lipinski definition) is 5. The summed E-state index contributed by atoms with van der Waals surface area (Å²) in [7, 11) is -3.51. The fourth-order valence-electron chi connectivity index (χ4n) is 3.29. The zero-order valence-corrected chi connectivity index (χ0v) is 18.3. The van der Waals surface area contributed by atoms with E-state index in [1.807, 2.05) is 12.1 Å². The average molecular weight is 473 g/mol. The Morgan fingerprint density at radius 2 is 1.84 bits per heavy atom. The van der Waals surface area contributed by atoms with Gasteiger partial charge < -0.3 is 4.74 Å². The van der Waals surface area contributed by atoms with Gasteiger partial charge in [0.25, 0.3) is 5.91 Å². The van der Waals surface area contributed by atoms with E-state index in [9.17, 15) is 17.6 Å². The van der Waals surface area contributed by atoms with Crippen LogP contribution >= 0.6 is 11.6 Å². The number of carbonyl (C=O) groups excluding carboxylic acids is 1. The summed E-state index contributed by atoms with van der Waals surface area (Å²) in [6.07, 6.45) is 0.0633. The number of sulfone groups is 1. The molecule has 0 fully saturated rings. The number of nitrogens with zero attached hydrogens (tertiary/aromatic N) is 1. The molecule has 164 valence electrons. The first kappa shape index (κ1) is 22.0. The number of benzene rings is 3. The summed E-state index contributed by atoms with van der Waals surface area (Å²) in [6.45, 7) is 0.237. The van der Waals surface area contributed by atoms with Crippen LogP contribution in [0.4, 0.5) is 4.39 Å². The molecule has 0 saturated carbocycles. The largest absolute Gasteiger partial charge is 0.488 e. The van der Waals surface area contributed by atoms with Gasteiger partial charge in [-0.2, -0.15) is 5.10 Å². The van der Waals surface area contributed by atoms with Crippen LogP contribution in [0.25, 0.3) is 0 Å². The van der Waals surface area contributed by atoms with E-state index < -0.39 is 21.6 Å². The van der Waals surface area contributed by atoms with Gasteiger partial charge in [0.2, 0.25) is 0 Å². The van der Waals surface area contributed by atoms with Crippen molar-refractivity contribution in [2.24, 2.45) is 5.10 Å². The quantitative estimate of drug-likeness (QED) is 0.441. The molecule has 0 unspecified atom stereocenters. The summed E-state index contributed by atoms with van der Waals surface area (Å²) < 4.78 is 44.0. The number of hydrogen-bond donors (Lipinski definition) is 1. The summed E-state index contributed by atoms with van der Waals surface area (Å²) in [5.74, 6) is -0.921. The number of rotatable bonds is 5. The monoisotopic (exact) mass is 472 g/mol. The summed E-state index contributed by atoms with van der Waals surface area (Å²) in [6, 6.07) is 17.2.